The molecular weight excluding hydrogens is 258 g/mol. The first-order valence-electron chi connectivity index (χ1n) is 7.03. The minimum absolute atomic E-state index is 0.184. The van der Waals surface area contributed by atoms with Crippen LogP contribution in [0.3, 0.4) is 0 Å². The number of hydrogen-bond acceptors (Lipinski definition) is 2. The molecule has 106 valence electrons. The second kappa shape index (κ2) is 6.15. The number of halogens is 1. The molecule has 2 rings (SSSR count). The maximum atomic E-state index is 6.34. The van der Waals surface area contributed by atoms with Crippen LogP contribution in [-0.2, 0) is 6.42 Å². The van der Waals surface area contributed by atoms with Gasteiger partial charge < -0.3 is 10.1 Å². The highest BCUT2D eigenvalue weighted by Crippen LogP contribution is 2.28. The average Bonchev–Trinajstić information content (AvgIpc) is 2.68. The maximum Gasteiger partial charge on any atom is 0.123 e. The molecule has 3 heteroatoms. The van der Waals surface area contributed by atoms with Crippen molar-refractivity contribution < 1.29 is 4.74 Å². The molecule has 1 aliphatic heterocycles. The number of hydrogen-bond donors (Lipinski definition) is 1. The summed E-state index contributed by atoms with van der Waals surface area (Å²) < 4.78 is 5.88. The number of para-hydroxylation sites is 1. The Morgan fingerprint density at radius 2 is 2.11 bits per heavy atom. The topological polar surface area (TPSA) is 21.3 Å². The predicted molar refractivity (Wildman–Crippen MR) is 81.1 cm³/mol. The second-order valence-electron chi connectivity index (χ2n) is 6.57. The summed E-state index contributed by atoms with van der Waals surface area (Å²) in [7, 11) is 0. The molecule has 2 unspecified atom stereocenters. The lowest BCUT2D eigenvalue weighted by Gasteiger charge is -2.22. The van der Waals surface area contributed by atoms with Crippen molar-refractivity contribution in [3.63, 3.8) is 0 Å². The zero-order chi connectivity index (χ0) is 13.9. The summed E-state index contributed by atoms with van der Waals surface area (Å²) in [4.78, 5) is 0. The van der Waals surface area contributed by atoms with Gasteiger partial charge in [0.1, 0.15) is 11.9 Å². The van der Waals surface area contributed by atoms with Gasteiger partial charge in [-0.05, 0) is 23.5 Å². The molecule has 0 saturated heterocycles. The highest BCUT2D eigenvalue weighted by Gasteiger charge is 2.22. The van der Waals surface area contributed by atoms with Gasteiger partial charge in [-0.25, -0.2) is 0 Å². The molecule has 0 aliphatic carbocycles. The van der Waals surface area contributed by atoms with E-state index in [1.165, 1.54) is 5.56 Å². The molecule has 0 amide bonds. The van der Waals surface area contributed by atoms with Crippen LogP contribution in [0.15, 0.2) is 24.3 Å². The summed E-state index contributed by atoms with van der Waals surface area (Å²) in [6.07, 6.45) is 2.26. The quantitative estimate of drug-likeness (QED) is 0.833. The van der Waals surface area contributed by atoms with Crippen LogP contribution in [0.4, 0.5) is 0 Å². The molecule has 0 bridgehead atoms. The van der Waals surface area contributed by atoms with Crippen molar-refractivity contribution in [2.45, 2.75) is 45.1 Å². The number of fused-ring (bicyclic) bond motifs is 1. The van der Waals surface area contributed by atoms with E-state index < -0.39 is 0 Å². The number of alkyl halides is 1. The van der Waals surface area contributed by atoms with Gasteiger partial charge in [-0.2, -0.15) is 0 Å². The van der Waals surface area contributed by atoms with Crippen LogP contribution in [0.25, 0.3) is 0 Å². The third-order valence-corrected chi connectivity index (χ3v) is 3.59. The van der Waals surface area contributed by atoms with Gasteiger partial charge in [0.15, 0.2) is 0 Å². The van der Waals surface area contributed by atoms with Crippen molar-refractivity contribution in [3.05, 3.63) is 29.8 Å². The summed E-state index contributed by atoms with van der Waals surface area (Å²) in [6.45, 7) is 8.37. The van der Waals surface area contributed by atoms with E-state index in [2.05, 4.69) is 38.2 Å². The monoisotopic (exact) mass is 281 g/mol. The Balaban J connectivity index is 1.68. The van der Waals surface area contributed by atoms with E-state index in [1.54, 1.807) is 0 Å². The smallest absolute Gasteiger partial charge is 0.123 e. The van der Waals surface area contributed by atoms with Crippen molar-refractivity contribution >= 4 is 11.6 Å². The molecule has 0 saturated carbocycles. The van der Waals surface area contributed by atoms with Crippen LogP contribution in [0.2, 0.25) is 0 Å². The molecule has 1 aromatic rings. The van der Waals surface area contributed by atoms with Gasteiger partial charge in [-0.3, -0.25) is 0 Å². The molecule has 0 aromatic heterocycles. The van der Waals surface area contributed by atoms with Crippen molar-refractivity contribution in [3.8, 4) is 5.75 Å². The lowest BCUT2D eigenvalue weighted by Crippen LogP contribution is -2.34. The molecule has 0 spiro atoms. The second-order valence-corrected chi connectivity index (χ2v) is 7.19. The third kappa shape index (κ3) is 4.70. The Bertz CT molecular complexity index is 388. The average molecular weight is 282 g/mol. The molecule has 2 nitrogen and oxygen atoms in total. The van der Waals surface area contributed by atoms with Crippen molar-refractivity contribution in [1.29, 1.82) is 0 Å². The van der Waals surface area contributed by atoms with Crippen LogP contribution in [0.1, 0.15) is 32.8 Å². The van der Waals surface area contributed by atoms with Gasteiger partial charge in [0.05, 0.1) is 0 Å². The van der Waals surface area contributed by atoms with E-state index in [0.29, 0.717) is 0 Å². The lowest BCUT2D eigenvalue weighted by molar-refractivity contribution is 0.226. The van der Waals surface area contributed by atoms with Gasteiger partial charge in [0.2, 0.25) is 0 Å². The standard InChI is InChI=1S/C16H24ClNO/c1-16(2,3)9-13(17)10-18-11-14-8-12-6-4-5-7-15(12)19-14/h4-7,13-14,18H,8-11H2,1-3H3. The zero-order valence-electron chi connectivity index (χ0n) is 12.1. The van der Waals surface area contributed by atoms with Crippen LogP contribution >= 0.6 is 11.6 Å². The number of ether oxygens (including phenoxy) is 1. The fraction of sp³-hybridized carbons (Fsp3) is 0.625. The Labute approximate surface area is 121 Å². The first-order chi connectivity index (χ1) is 8.94. The summed E-state index contributed by atoms with van der Waals surface area (Å²) >= 11 is 6.34. The highest BCUT2D eigenvalue weighted by molar-refractivity contribution is 6.20. The Kier molecular flexibility index (Phi) is 4.75. The fourth-order valence-electron chi connectivity index (χ4n) is 2.51. The van der Waals surface area contributed by atoms with E-state index in [-0.39, 0.29) is 16.9 Å². The van der Waals surface area contributed by atoms with E-state index in [0.717, 1.165) is 31.7 Å². The van der Waals surface area contributed by atoms with Gasteiger partial charge in [-0.15, -0.1) is 11.6 Å². The van der Waals surface area contributed by atoms with E-state index in [4.69, 9.17) is 16.3 Å². The molecule has 19 heavy (non-hydrogen) atoms. The van der Waals surface area contributed by atoms with Crippen LogP contribution < -0.4 is 10.1 Å². The van der Waals surface area contributed by atoms with Gasteiger partial charge >= 0.3 is 0 Å². The first kappa shape index (κ1) is 14.7. The Morgan fingerprint density at radius 3 is 2.79 bits per heavy atom. The van der Waals surface area contributed by atoms with Crippen molar-refractivity contribution in [2.24, 2.45) is 5.41 Å². The summed E-state index contributed by atoms with van der Waals surface area (Å²) in [5, 5.41) is 3.61. The largest absolute Gasteiger partial charge is 0.488 e. The third-order valence-electron chi connectivity index (χ3n) is 3.29. The molecule has 1 aliphatic rings. The minimum atomic E-state index is 0.184. The van der Waals surface area contributed by atoms with E-state index in [1.807, 2.05) is 12.1 Å². The van der Waals surface area contributed by atoms with E-state index in [9.17, 15) is 0 Å². The Hall–Kier alpha value is -0.730. The molecule has 0 radical (unpaired) electrons. The summed E-state index contributed by atoms with van der Waals surface area (Å²) in [6, 6.07) is 8.27. The Morgan fingerprint density at radius 1 is 1.37 bits per heavy atom. The van der Waals surface area contributed by atoms with Gasteiger partial charge in [0, 0.05) is 24.9 Å². The summed E-state index contributed by atoms with van der Waals surface area (Å²) in [5.41, 5.74) is 1.60. The summed E-state index contributed by atoms with van der Waals surface area (Å²) in [5.74, 6) is 1.03. The number of benzene rings is 1. The van der Waals surface area contributed by atoms with Crippen LogP contribution in [0, 0.1) is 5.41 Å². The van der Waals surface area contributed by atoms with Crippen molar-refractivity contribution in [2.75, 3.05) is 13.1 Å². The highest BCUT2D eigenvalue weighted by atomic mass is 35.5. The molecule has 1 aromatic carbocycles. The first-order valence-corrected chi connectivity index (χ1v) is 7.47. The molecule has 0 fully saturated rings. The van der Waals surface area contributed by atoms with Crippen LogP contribution in [0.5, 0.6) is 5.75 Å². The fourth-order valence-corrected chi connectivity index (χ4v) is 3.08. The molecular formula is C16H24ClNO. The number of rotatable bonds is 5. The maximum absolute atomic E-state index is 6.34. The van der Waals surface area contributed by atoms with Gasteiger partial charge in [0.25, 0.3) is 0 Å². The number of nitrogens with one attached hydrogen (secondary N) is 1. The lowest BCUT2D eigenvalue weighted by atomic mass is 9.90. The normalized spacial score (nSPS) is 19.9. The zero-order valence-corrected chi connectivity index (χ0v) is 12.8. The predicted octanol–water partition coefficient (Wildman–Crippen LogP) is 3.62. The van der Waals surface area contributed by atoms with Crippen LogP contribution in [-0.4, -0.2) is 24.6 Å². The minimum Gasteiger partial charge on any atom is -0.488 e. The molecule has 1 N–H and O–H groups in total. The molecule has 1 heterocycles. The SMILES string of the molecule is CC(C)(C)CC(Cl)CNCC1Cc2ccccc2O1. The van der Waals surface area contributed by atoms with Crippen molar-refractivity contribution in [1.82, 2.24) is 5.32 Å². The molecule has 2 atom stereocenters. The van der Waals surface area contributed by atoms with Gasteiger partial charge in [-0.1, -0.05) is 39.0 Å². The van der Waals surface area contributed by atoms with E-state index >= 15 is 0 Å².